The number of carbonyl (C=O) groups excluding carboxylic acids is 2. The maximum atomic E-state index is 13.1. The van der Waals surface area contributed by atoms with Gasteiger partial charge in [-0.15, -0.1) is 0 Å². The lowest BCUT2D eigenvalue weighted by molar-refractivity contribution is -0.137. The van der Waals surface area contributed by atoms with Crippen molar-refractivity contribution in [1.82, 2.24) is 10.6 Å². The molecule has 0 aromatic heterocycles. The first-order valence-electron chi connectivity index (χ1n) is 7.79. The Morgan fingerprint density at radius 3 is 2.48 bits per heavy atom. The van der Waals surface area contributed by atoms with Crippen LogP contribution < -0.4 is 20.7 Å². The van der Waals surface area contributed by atoms with E-state index in [0.29, 0.717) is 6.54 Å². The number of urea groups is 1. The number of hydrogen-bond acceptors (Lipinski definition) is 4. The third kappa shape index (κ3) is 7.32. The largest absolute Gasteiger partial charge is 0.494 e. The highest BCUT2D eigenvalue weighted by Crippen LogP contribution is 2.37. The number of anilines is 1. The van der Waals surface area contributed by atoms with Crippen LogP contribution >= 0.6 is 0 Å². The van der Waals surface area contributed by atoms with Crippen LogP contribution in [0.4, 0.5) is 23.7 Å². The Hall–Kier alpha value is -2.45. The second kappa shape index (κ2) is 9.14. The third-order valence-electron chi connectivity index (χ3n) is 2.97. The van der Waals surface area contributed by atoms with Crippen LogP contribution in [0.15, 0.2) is 18.2 Å². The zero-order valence-electron chi connectivity index (χ0n) is 14.3. The summed E-state index contributed by atoms with van der Waals surface area (Å²) in [6, 6.07) is 2.72. The van der Waals surface area contributed by atoms with E-state index in [1.807, 2.05) is 19.2 Å². The molecular formula is C16H22F3N3O3. The lowest BCUT2D eigenvalue weighted by Crippen LogP contribution is -2.43. The molecule has 9 heteroatoms. The first-order chi connectivity index (χ1) is 11.6. The number of hydrogen-bond donors (Lipinski definition) is 3. The SMILES string of the molecule is CCOc1ccc(NCC(=O)NC(=O)NCC(C)C)c(C(F)(F)F)c1. The van der Waals surface area contributed by atoms with Gasteiger partial charge in [-0.1, -0.05) is 13.8 Å². The smallest absolute Gasteiger partial charge is 0.418 e. The standard InChI is InChI=1S/C16H22F3N3O3/c1-4-25-11-5-6-13(12(7-11)16(17,18)19)20-9-14(23)22-15(24)21-8-10(2)3/h5-7,10,20H,4,8-9H2,1-3H3,(H2,21,22,23,24). The van der Waals surface area contributed by atoms with Crippen molar-refractivity contribution in [3.8, 4) is 5.75 Å². The number of halogens is 3. The van der Waals surface area contributed by atoms with E-state index < -0.39 is 30.2 Å². The van der Waals surface area contributed by atoms with Gasteiger partial charge in [-0.25, -0.2) is 4.79 Å². The quantitative estimate of drug-likeness (QED) is 0.698. The minimum absolute atomic E-state index is 0.0814. The van der Waals surface area contributed by atoms with Crippen molar-refractivity contribution >= 4 is 17.6 Å². The molecule has 6 nitrogen and oxygen atoms in total. The van der Waals surface area contributed by atoms with E-state index in [2.05, 4.69) is 10.6 Å². The summed E-state index contributed by atoms with van der Waals surface area (Å²) < 4.78 is 44.4. The molecule has 25 heavy (non-hydrogen) atoms. The van der Waals surface area contributed by atoms with Crippen LogP contribution in [0.5, 0.6) is 5.75 Å². The van der Waals surface area contributed by atoms with Gasteiger partial charge in [0.05, 0.1) is 18.7 Å². The van der Waals surface area contributed by atoms with Crippen LogP contribution in [0.2, 0.25) is 0 Å². The van der Waals surface area contributed by atoms with Gasteiger partial charge in [0.1, 0.15) is 5.75 Å². The number of ether oxygens (including phenoxy) is 1. The molecule has 140 valence electrons. The fourth-order valence-electron chi connectivity index (χ4n) is 1.86. The highest BCUT2D eigenvalue weighted by molar-refractivity contribution is 5.96. The molecule has 1 aromatic rings. The van der Waals surface area contributed by atoms with E-state index in [0.717, 1.165) is 6.07 Å². The van der Waals surface area contributed by atoms with Crippen LogP contribution in [0.25, 0.3) is 0 Å². The molecule has 0 unspecified atom stereocenters. The minimum Gasteiger partial charge on any atom is -0.494 e. The zero-order valence-corrected chi connectivity index (χ0v) is 14.3. The van der Waals surface area contributed by atoms with E-state index in [9.17, 15) is 22.8 Å². The van der Waals surface area contributed by atoms with E-state index in [1.54, 1.807) is 6.92 Å². The van der Waals surface area contributed by atoms with Crippen LogP contribution in [-0.4, -0.2) is 31.6 Å². The fraction of sp³-hybridized carbons (Fsp3) is 0.500. The van der Waals surface area contributed by atoms with Gasteiger partial charge in [-0.2, -0.15) is 13.2 Å². The first kappa shape index (κ1) is 20.6. The summed E-state index contributed by atoms with van der Waals surface area (Å²) in [5.41, 5.74) is -1.22. The molecule has 0 bridgehead atoms. The molecule has 0 saturated carbocycles. The Labute approximate surface area is 144 Å². The van der Waals surface area contributed by atoms with Gasteiger partial charge in [0.2, 0.25) is 5.91 Å². The summed E-state index contributed by atoms with van der Waals surface area (Å²) in [7, 11) is 0. The molecule has 0 fully saturated rings. The Bertz CT molecular complexity index is 604. The van der Waals surface area contributed by atoms with Crippen molar-refractivity contribution in [1.29, 1.82) is 0 Å². The number of carbonyl (C=O) groups is 2. The normalized spacial score (nSPS) is 11.2. The Kier molecular flexibility index (Phi) is 7.53. The van der Waals surface area contributed by atoms with Crippen molar-refractivity contribution in [2.24, 2.45) is 5.92 Å². The average molecular weight is 361 g/mol. The van der Waals surface area contributed by atoms with Crippen molar-refractivity contribution in [3.63, 3.8) is 0 Å². The van der Waals surface area contributed by atoms with Gasteiger partial charge in [0.25, 0.3) is 0 Å². The Morgan fingerprint density at radius 2 is 1.92 bits per heavy atom. The highest BCUT2D eigenvalue weighted by Gasteiger charge is 2.34. The number of imide groups is 1. The maximum Gasteiger partial charge on any atom is 0.418 e. The lowest BCUT2D eigenvalue weighted by atomic mass is 10.1. The summed E-state index contributed by atoms with van der Waals surface area (Å²) in [6.45, 7) is 5.56. The number of amides is 3. The van der Waals surface area contributed by atoms with Crippen molar-refractivity contribution in [2.75, 3.05) is 25.0 Å². The van der Waals surface area contributed by atoms with Crippen LogP contribution in [0.1, 0.15) is 26.3 Å². The summed E-state index contributed by atoms with van der Waals surface area (Å²) in [5.74, 6) is -0.460. The first-order valence-corrected chi connectivity index (χ1v) is 7.79. The van der Waals surface area contributed by atoms with Gasteiger partial charge in [-0.05, 0) is 31.0 Å². The summed E-state index contributed by atoms with van der Waals surface area (Å²) in [4.78, 5) is 23.1. The second-order valence-corrected chi connectivity index (χ2v) is 5.64. The molecule has 1 rings (SSSR count). The van der Waals surface area contributed by atoms with Gasteiger partial charge in [0.15, 0.2) is 0 Å². The van der Waals surface area contributed by atoms with Gasteiger partial charge in [-0.3, -0.25) is 10.1 Å². The van der Waals surface area contributed by atoms with E-state index in [1.165, 1.54) is 12.1 Å². The van der Waals surface area contributed by atoms with Crippen molar-refractivity contribution in [2.45, 2.75) is 26.9 Å². The Morgan fingerprint density at radius 1 is 1.24 bits per heavy atom. The van der Waals surface area contributed by atoms with Gasteiger partial charge < -0.3 is 15.4 Å². The van der Waals surface area contributed by atoms with Crippen molar-refractivity contribution in [3.05, 3.63) is 23.8 Å². The number of alkyl halides is 3. The molecule has 0 atom stereocenters. The molecule has 0 saturated heterocycles. The van der Waals surface area contributed by atoms with E-state index in [4.69, 9.17) is 4.74 Å². The van der Waals surface area contributed by atoms with Gasteiger partial charge >= 0.3 is 12.2 Å². The third-order valence-corrected chi connectivity index (χ3v) is 2.97. The predicted molar refractivity (Wildman–Crippen MR) is 87.5 cm³/mol. The topological polar surface area (TPSA) is 79.5 Å². The van der Waals surface area contributed by atoms with E-state index in [-0.39, 0.29) is 24.0 Å². The summed E-state index contributed by atoms with van der Waals surface area (Å²) in [5, 5.41) is 6.90. The molecule has 0 aliphatic heterocycles. The van der Waals surface area contributed by atoms with Crippen LogP contribution in [0, 0.1) is 5.92 Å². The van der Waals surface area contributed by atoms with E-state index >= 15 is 0 Å². The second-order valence-electron chi connectivity index (χ2n) is 5.64. The monoisotopic (exact) mass is 361 g/mol. The van der Waals surface area contributed by atoms with Crippen molar-refractivity contribution < 1.29 is 27.5 Å². The van der Waals surface area contributed by atoms with Crippen LogP contribution in [-0.2, 0) is 11.0 Å². The molecule has 0 radical (unpaired) electrons. The fourth-order valence-corrected chi connectivity index (χ4v) is 1.86. The Balaban J connectivity index is 2.69. The average Bonchev–Trinajstić information content (AvgIpc) is 2.51. The number of nitrogens with one attached hydrogen (secondary N) is 3. The maximum absolute atomic E-state index is 13.1. The number of benzene rings is 1. The molecule has 1 aromatic carbocycles. The molecule has 3 N–H and O–H groups in total. The molecule has 3 amide bonds. The summed E-state index contributed by atoms with van der Waals surface area (Å²) >= 11 is 0. The van der Waals surface area contributed by atoms with Crippen LogP contribution in [0.3, 0.4) is 0 Å². The molecule has 0 spiro atoms. The molecule has 0 heterocycles. The predicted octanol–water partition coefficient (Wildman–Crippen LogP) is 3.00. The van der Waals surface area contributed by atoms with Gasteiger partial charge in [0, 0.05) is 12.2 Å². The molecule has 0 aliphatic carbocycles. The zero-order chi connectivity index (χ0) is 19.0. The highest BCUT2D eigenvalue weighted by atomic mass is 19.4. The minimum atomic E-state index is -4.61. The molecular weight excluding hydrogens is 339 g/mol. The summed E-state index contributed by atoms with van der Waals surface area (Å²) in [6.07, 6.45) is -4.61. The molecule has 0 aliphatic rings. The lowest BCUT2D eigenvalue weighted by Gasteiger charge is -2.16. The number of rotatable bonds is 7.